The Labute approximate surface area is 107 Å². The molecule has 2 rings (SSSR count). The fraction of sp³-hybridized carbons (Fsp3) is 0.462. The van der Waals surface area contributed by atoms with Crippen LogP contribution < -0.4 is 5.32 Å². The van der Waals surface area contributed by atoms with Gasteiger partial charge in [0.05, 0.1) is 17.4 Å². The lowest BCUT2D eigenvalue weighted by Gasteiger charge is -2.16. The van der Waals surface area contributed by atoms with Gasteiger partial charge in [-0.15, -0.1) is 0 Å². The lowest BCUT2D eigenvalue weighted by molar-refractivity contribution is 0.508. The summed E-state index contributed by atoms with van der Waals surface area (Å²) < 4.78 is 1.82. The average Bonchev–Trinajstić information content (AvgIpc) is 2.81. The van der Waals surface area contributed by atoms with E-state index in [2.05, 4.69) is 27.3 Å². The van der Waals surface area contributed by atoms with Crippen LogP contribution in [-0.2, 0) is 13.5 Å². The van der Waals surface area contributed by atoms with Crippen LogP contribution in [0.2, 0.25) is 0 Å². The summed E-state index contributed by atoms with van der Waals surface area (Å²) in [5, 5.41) is 7.90. The fourth-order valence-corrected chi connectivity index (χ4v) is 1.87. The quantitative estimate of drug-likeness (QED) is 0.838. The lowest BCUT2D eigenvalue weighted by Crippen LogP contribution is -2.25. The van der Waals surface area contributed by atoms with Crippen LogP contribution in [0.1, 0.15) is 30.8 Å². The van der Waals surface area contributed by atoms with Crippen LogP contribution >= 0.6 is 0 Å². The average molecular weight is 245 g/mol. The van der Waals surface area contributed by atoms with Gasteiger partial charge in [0.2, 0.25) is 0 Å². The molecule has 0 saturated carbocycles. The maximum atomic E-state index is 4.41. The van der Waals surface area contributed by atoms with E-state index in [4.69, 9.17) is 0 Å². The molecule has 96 valence electrons. The Kier molecular flexibility index (Phi) is 4.41. The second-order valence-corrected chi connectivity index (χ2v) is 4.32. The van der Waals surface area contributed by atoms with Gasteiger partial charge in [0.1, 0.15) is 0 Å². The molecule has 2 aromatic heterocycles. The van der Waals surface area contributed by atoms with Crippen LogP contribution in [0.4, 0.5) is 0 Å². The highest BCUT2D eigenvalue weighted by Crippen LogP contribution is 2.14. The zero-order chi connectivity index (χ0) is 12.8. The molecule has 2 aromatic rings. The van der Waals surface area contributed by atoms with E-state index < -0.39 is 0 Å². The summed E-state index contributed by atoms with van der Waals surface area (Å²) >= 11 is 0. The molecule has 0 radical (unpaired) electrons. The molecule has 1 atom stereocenters. The summed E-state index contributed by atoms with van der Waals surface area (Å²) in [6, 6.07) is 2.21. The van der Waals surface area contributed by atoms with Gasteiger partial charge in [-0.25, -0.2) is 0 Å². The van der Waals surface area contributed by atoms with Gasteiger partial charge < -0.3 is 5.32 Å². The smallest absolute Gasteiger partial charge is 0.0760 e. The Bertz CT molecular complexity index is 465. The molecule has 0 spiro atoms. The molecular formula is C13H19N5. The minimum atomic E-state index is 0.175. The first kappa shape index (κ1) is 12.7. The summed E-state index contributed by atoms with van der Waals surface area (Å²) in [6.07, 6.45) is 9.13. The van der Waals surface area contributed by atoms with E-state index >= 15 is 0 Å². The van der Waals surface area contributed by atoms with Gasteiger partial charge in [-0.2, -0.15) is 5.10 Å². The zero-order valence-electron chi connectivity index (χ0n) is 10.9. The lowest BCUT2D eigenvalue weighted by atomic mass is 10.1. The van der Waals surface area contributed by atoms with Crippen molar-refractivity contribution in [1.29, 1.82) is 0 Å². The van der Waals surface area contributed by atoms with Crippen LogP contribution in [0.5, 0.6) is 0 Å². The topological polar surface area (TPSA) is 55.6 Å². The van der Waals surface area contributed by atoms with Gasteiger partial charge in [-0.1, -0.05) is 6.92 Å². The van der Waals surface area contributed by atoms with Crippen molar-refractivity contribution in [3.63, 3.8) is 0 Å². The molecule has 0 fully saturated rings. The third-order valence-corrected chi connectivity index (χ3v) is 2.76. The molecule has 0 aliphatic rings. The number of aryl methyl sites for hydroxylation is 1. The summed E-state index contributed by atoms with van der Waals surface area (Å²) in [4.78, 5) is 8.51. The highest BCUT2D eigenvalue weighted by Gasteiger charge is 2.14. The van der Waals surface area contributed by atoms with Crippen LogP contribution in [0.15, 0.2) is 30.9 Å². The van der Waals surface area contributed by atoms with E-state index in [0.717, 1.165) is 30.8 Å². The van der Waals surface area contributed by atoms with E-state index in [-0.39, 0.29) is 6.04 Å². The molecule has 1 unspecified atom stereocenters. The minimum absolute atomic E-state index is 0.175. The third-order valence-electron chi connectivity index (χ3n) is 2.76. The summed E-state index contributed by atoms with van der Waals surface area (Å²) in [6.45, 7) is 3.12. The van der Waals surface area contributed by atoms with Crippen molar-refractivity contribution in [1.82, 2.24) is 25.1 Å². The largest absolute Gasteiger partial charge is 0.308 e. The van der Waals surface area contributed by atoms with Crippen molar-refractivity contribution in [2.45, 2.75) is 25.8 Å². The zero-order valence-corrected chi connectivity index (χ0v) is 10.9. The van der Waals surface area contributed by atoms with E-state index in [1.165, 1.54) is 0 Å². The predicted molar refractivity (Wildman–Crippen MR) is 70.0 cm³/mol. The molecule has 1 N–H and O–H groups in total. The first-order valence-corrected chi connectivity index (χ1v) is 6.27. The number of hydrogen-bond donors (Lipinski definition) is 1. The molecule has 5 nitrogen and oxygen atoms in total. The molecule has 2 heterocycles. The Morgan fingerprint density at radius 2 is 2.28 bits per heavy atom. The molecule has 0 saturated heterocycles. The summed E-state index contributed by atoms with van der Waals surface area (Å²) in [5.74, 6) is 0. The molecule has 0 aliphatic heterocycles. The van der Waals surface area contributed by atoms with Crippen LogP contribution in [-0.4, -0.2) is 26.3 Å². The van der Waals surface area contributed by atoms with E-state index in [1.807, 2.05) is 30.2 Å². The molecule has 0 aromatic carbocycles. The number of nitrogens with zero attached hydrogens (tertiary/aromatic N) is 4. The van der Waals surface area contributed by atoms with Crippen LogP contribution in [0.25, 0.3) is 0 Å². The molecule has 0 amide bonds. The summed E-state index contributed by atoms with van der Waals surface area (Å²) in [7, 11) is 1.93. The maximum absolute atomic E-state index is 4.41. The van der Waals surface area contributed by atoms with Gasteiger partial charge in [0.15, 0.2) is 0 Å². The van der Waals surface area contributed by atoms with E-state index in [9.17, 15) is 0 Å². The molecule has 5 heteroatoms. The van der Waals surface area contributed by atoms with Crippen LogP contribution in [0.3, 0.4) is 0 Å². The Morgan fingerprint density at radius 3 is 2.89 bits per heavy atom. The monoisotopic (exact) mass is 245 g/mol. The van der Waals surface area contributed by atoms with Gasteiger partial charge in [-0.05, 0) is 19.0 Å². The number of aromatic nitrogens is 4. The van der Waals surface area contributed by atoms with Crippen molar-refractivity contribution >= 4 is 0 Å². The second-order valence-electron chi connectivity index (χ2n) is 4.32. The molecular weight excluding hydrogens is 226 g/mol. The second kappa shape index (κ2) is 6.26. The van der Waals surface area contributed by atoms with E-state index in [0.29, 0.717) is 0 Å². The highest BCUT2D eigenvalue weighted by molar-refractivity contribution is 5.09. The number of rotatable bonds is 6. The molecule has 18 heavy (non-hydrogen) atoms. The fourth-order valence-electron chi connectivity index (χ4n) is 1.87. The minimum Gasteiger partial charge on any atom is -0.308 e. The van der Waals surface area contributed by atoms with Crippen molar-refractivity contribution in [3.05, 3.63) is 42.2 Å². The van der Waals surface area contributed by atoms with Crippen molar-refractivity contribution in [2.24, 2.45) is 7.05 Å². The Hall–Kier alpha value is -1.75. The first-order valence-electron chi connectivity index (χ1n) is 6.27. The van der Waals surface area contributed by atoms with E-state index in [1.54, 1.807) is 12.4 Å². The van der Waals surface area contributed by atoms with Crippen molar-refractivity contribution in [2.75, 3.05) is 6.54 Å². The molecule has 0 aliphatic carbocycles. The van der Waals surface area contributed by atoms with Gasteiger partial charge in [0.25, 0.3) is 0 Å². The third kappa shape index (κ3) is 3.37. The Morgan fingerprint density at radius 1 is 1.39 bits per heavy atom. The predicted octanol–water partition coefficient (Wildman–Crippen LogP) is 1.49. The number of hydrogen-bond acceptors (Lipinski definition) is 4. The van der Waals surface area contributed by atoms with Gasteiger partial charge >= 0.3 is 0 Å². The first-order chi connectivity index (χ1) is 8.79. The normalized spacial score (nSPS) is 12.6. The Balaban J connectivity index is 2.10. The standard InChI is InChI=1S/C13H19N5/c1-3-5-15-12(13-10-14-6-7-16-13)9-11-4-8-18(2)17-11/h4,6-8,10,12,15H,3,5,9H2,1-2H3. The molecule has 0 bridgehead atoms. The number of nitrogens with one attached hydrogen (secondary N) is 1. The van der Waals surface area contributed by atoms with Crippen LogP contribution in [0, 0.1) is 0 Å². The van der Waals surface area contributed by atoms with Crippen molar-refractivity contribution in [3.8, 4) is 0 Å². The summed E-state index contributed by atoms with van der Waals surface area (Å²) in [5.41, 5.74) is 2.04. The van der Waals surface area contributed by atoms with Gasteiger partial charge in [0, 0.05) is 38.3 Å². The van der Waals surface area contributed by atoms with Gasteiger partial charge in [-0.3, -0.25) is 14.6 Å². The van der Waals surface area contributed by atoms with Crippen molar-refractivity contribution < 1.29 is 0 Å². The highest BCUT2D eigenvalue weighted by atomic mass is 15.2. The maximum Gasteiger partial charge on any atom is 0.0760 e. The SMILES string of the molecule is CCCNC(Cc1ccn(C)n1)c1cnccn1.